The first kappa shape index (κ1) is 19.3. The summed E-state index contributed by atoms with van der Waals surface area (Å²) < 4.78 is 0. The largest absolute Gasteiger partial charge is 0.372 e. The number of piperidine rings is 1. The van der Waals surface area contributed by atoms with Gasteiger partial charge in [0.2, 0.25) is 0 Å². The number of hydrogen-bond donors (Lipinski definition) is 0. The van der Waals surface area contributed by atoms with E-state index in [1.165, 1.54) is 47.3 Å². The highest BCUT2D eigenvalue weighted by molar-refractivity contribution is 5.80. The lowest BCUT2D eigenvalue weighted by molar-refractivity contribution is 0.326. The van der Waals surface area contributed by atoms with Crippen molar-refractivity contribution in [1.82, 2.24) is 4.90 Å². The SMILES string of the molecule is C=Cc1c(N(CCC)c2ccccc2)ccc(C(=C)N2CCCCC2)c1C. The molecule has 1 aliphatic rings. The average Bonchev–Trinajstić information content (AvgIpc) is 2.72. The van der Waals surface area contributed by atoms with Gasteiger partial charge in [-0.3, -0.25) is 0 Å². The van der Waals surface area contributed by atoms with E-state index >= 15 is 0 Å². The first-order chi connectivity index (χ1) is 13.2. The zero-order valence-electron chi connectivity index (χ0n) is 16.9. The van der Waals surface area contributed by atoms with Crippen molar-refractivity contribution in [2.24, 2.45) is 0 Å². The van der Waals surface area contributed by atoms with E-state index in [4.69, 9.17) is 0 Å². The van der Waals surface area contributed by atoms with Crippen LogP contribution in [0.4, 0.5) is 11.4 Å². The molecule has 0 amide bonds. The second kappa shape index (κ2) is 8.94. The Bertz CT molecular complexity index is 785. The normalized spacial score (nSPS) is 14.1. The molecule has 1 fully saturated rings. The maximum Gasteiger partial charge on any atom is 0.0487 e. The van der Waals surface area contributed by atoms with Crippen LogP contribution < -0.4 is 4.90 Å². The molecule has 0 spiro atoms. The smallest absolute Gasteiger partial charge is 0.0487 e. The van der Waals surface area contributed by atoms with Gasteiger partial charge in [0.15, 0.2) is 0 Å². The molecule has 0 atom stereocenters. The van der Waals surface area contributed by atoms with Gasteiger partial charge in [-0.25, -0.2) is 0 Å². The van der Waals surface area contributed by atoms with Gasteiger partial charge in [0.1, 0.15) is 0 Å². The molecule has 1 aliphatic heterocycles. The van der Waals surface area contributed by atoms with E-state index in [0.717, 1.165) is 31.8 Å². The molecule has 2 aromatic carbocycles. The quantitative estimate of drug-likeness (QED) is 0.546. The fourth-order valence-corrected chi connectivity index (χ4v) is 4.07. The van der Waals surface area contributed by atoms with Crippen molar-refractivity contribution in [3.8, 4) is 0 Å². The minimum Gasteiger partial charge on any atom is -0.372 e. The maximum atomic E-state index is 4.43. The Hall–Kier alpha value is -2.48. The first-order valence-electron chi connectivity index (χ1n) is 10.2. The number of para-hydroxylation sites is 1. The highest BCUT2D eigenvalue weighted by Crippen LogP contribution is 2.35. The Labute approximate surface area is 164 Å². The van der Waals surface area contributed by atoms with Gasteiger partial charge in [-0.1, -0.05) is 50.4 Å². The first-order valence-corrected chi connectivity index (χ1v) is 10.2. The van der Waals surface area contributed by atoms with Crippen molar-refractivity contribution < 1.29 is 0 Å². The van der Waals surface area contributed by atoms with Gasteiger partial charge in [-0.15, -0.1) is 0 Å². The van der Waals surface area contributed by atoms with Crippen LogP contribution in [-0.2, 0) is 0 Å². The Morgan fingerprint density at radius 1 is 1.07 bits per heavy atom. The summed E-state index contributed by atoms with van der Waals surface area (Å²) in [5.41, 5.74) is 7.34. The van der Waals surface area contributed by atoms with Crippen LogP contribution >= 0.6 is 0 Å². The van der Waals surface area contributed by atoms with E-state index in [-0.39, 0.29) is 0 Å². The fraction of sp³-hybridized carbons (Fsp3) is 0.360. The van der Waals surface area contributed by atoms with Crippen LogP contribution in [0.2, 0.25) is 0 Å². The minimum atomic E-state index is 0.983. The van der Waals surface area contributed by atoms with E-state index in [2.05, 4.69) is 79.3 Å². The molecule has 1 saturated heterocycles. The van der Waals surface area contributed by atoms with Gasteiger partial charge in [0.05, 0.1) is 0 Å². The van der Waals surface area contributed by atoms with Gasteiger partial charge in [-0.2, -0.15) is 0 Å². The number of hydrogen-bond acceptors (Lipinski definition) is 2. The summed E-state index contributed by atoms with van der Waals surface area (Å²) in [7, 11) is 0. The van der Waals surface area contributed by atoms with Gasteiger partial charge in [0.25, 0.3) is 0 Å². The lowest BCUT2D eigenvalue weighted by atomic mass is 9.96. The Balaban J connectivity index is 2.00. The molecule has 0 N–H and O–H groups in total. The van der Waals surface area contributed by atoms with Crippen LogP contribution in [0.15, 0.2) is 55.6 Å². The zero-order chi connectivity index (χ0) is 19.2. The number of nitrogens with zero attached hydrogens (tertiary/aromatic N) is 2. The summed E-state index contributed by atoms with van der Waals surface area (Å²) in [6, 6.07) is 15.1. The summed E-state index contributed by atoms with van der Waals surface area (Å²) in [5.74, 6) is 0. The molecular formula is C25H32N2. The van der Waals surface area contributed by atoms with Crippen LogP contribution in [0.3, 0.4) is 0 Å². The molecule has 2 heteroatoms. The van der Waals surface area contributed by atoms with Crippen molar-refractivity contribution >= 4 is 23.1 Å². The number of benzene rings is 2. The van der Waals surface area contributed by atoms with Crippen LogP contribution in [0.1, 0.15) is 49.3 Å². The molecule has 142 valence electrons. The lowest BCUT2D eigenvalue weighted by Crippen LogP contribution is -2.28. The number of anilines is 2. The average molecular weight is 361 g/mol. The molecule has 0 saturated carbocycles. The van der Waals surface area contributed by atoms with Gasteiger partial charge in [-0.05, 0) is 56.4 Å². The van der Waals surface area contributed by atoms with E-state index in [9.17, 15) is 0 Å². The molecule has 3 rings (SSSR count). The second-order valence-corrected chi connectivity index (χ2v) is 7.36. The highest BCUT2D eigenvalue weighted by atomic mass is 15.1. The molecular weight excluding hydrogens is 328 g/mol. The Kier molecular flexibility index (Phi) is 6.39. The highest BCUT2D eigenvalue weighted by Gasteiger charge is 2.19. The standard InChI is InChI=1S/C25H32N2/c1-5-17-27(22-13-9-7-10-14-22)25-16-15-24(20(3)23(25)6-2)21(4)26-18-11-8-12-19-26/h6-7,9-10,13-16H,2,4-5,8,11-12,17-19H2,1,3H3. The molecule has 1 heterocycles. The van der Waals surface area contributed by atoms with E-state index in [0.29, 0.717) is 0 Å². The predicted molar refractivity (Wildman–Crippen MR) is 119 cm³/mol. The van der Waals surface area contributed by atoms with Crippen molar-refractivity contribution in [3.63, 3.8) is 0 Å². The molecule has 2 aromatic rings. The Morgan fingerprint density at radius 2 is 1.78 bits per heavy atom. The van der Waals surface area contributed by atoms with Crippen molar-refractivity contribution in [2.75, 3.05) is 24.5 Å². The molecule has 0 unspecified atom stereocenters. The summed E-state index contributed by atoms with van der Waals surface area (Å²) in [6.07, 6.45) is 6.96. The van der Waals surface area contributed by atoms with E-state index < -0.39 is 0 Å². The topological polar surface area (TPSA) is 6.48 Å². The van der Waals surface area contributed by atoms with Gasteiger partial charge >= 0.3 is 0 Å². The molecule has 0 aromatic heterocycles. The second-order valence-electron chi connectivity index (χ2n) is 7.36. The number of likely N-dealkylation sites (tertiary alicyclic amines) is 1. The summed E-state index contributed by atoms with van der Waals surface area (Å²) >= 11 is 0. The third-order valence-electron chi connectivity index (χ3n) is 5.55. The zero-order valence-corrected chi connectivity index (χ0v) is 16.9. The third kappa shape index (κ3) is 4.10. The van der Waals surface area contributed by atoms with E-state index in [1.807, 2.05) is 6.08 Å². The van der Waals surface area contributed by atoms with Crippen molar-refractivity contribution in [1.29, 1.82) is 0 Å². The fourth-order valence-electron chi connectivity index (χ4n) is 4.07. The van der Waals surface area contributed by atoms with Crippen molar-refractivity contribution in [2.45, 2.75) is 39.5 Å². The molecule has 2 nitrogen and oxygen atoms in total. The predicted octanol–water partition coefficient (Wildman–Crippen LogP) is 6.64. The Morgan fingerprint density at radius 3 is 2.41 bits per heavy atom. The van der Waals surface area contributed by atoms with E-state index in [1.54, 1.807) is 0 Å². The summed E-state index contributed by atoms with van der Waals surface area (Å²) in [4.78, 5) is 4.84. The van der Waals surface area contributed by atoms with Crippen LogP contribution in [-0.4, -0.2) is 24.5 Å². The van der Waals surface area contributed by atoms with Gasteiger partial charge < -0.3 is 9.80 Å². The molecule has 0 aliphatic carbocycles. The van der Waals surface area contributed by atoms with Crippen LogP contribution in [0.5, 0.6) is 0 Å². The maximum absolute atomic E-state index is 4.43. The number of rotatable bonds is 7. The monoisotopic (exact) mass is 360 g/mol. The lowest BCUT2D eigenvalue weighted by Gasteiger charge is -2.33. The van der Waals surface area contributed by atoms with Gasteiger partial charge in [0, 0.05) is 47.8 Å². The molecule has 27 heavy (non-hydrogen) atoms. The third-order valence-corrected chi connectivity index (χ3v) is 5.55. The molecule has 0 radical (unpaired) electrons. The van der Waals surface area contributed by atoms with Crippen molar-refractivity contribution in [3.05, 3.63) is 72.3 Å². The van der Waals surface area contributed by atoms with Crippen LogP contribution in [0.25, 0.3) is 11.8 Å². The van der Waals surface area contributed by atoms with Crippen LogP contribution in [0, 0.1) is 6.92 Å². The molecule has 0 bridgehead atoms. The summed E-state index contributed by atoms with van der Waals surface area (Å²) in [6.45, 7) is 16.2. The summed E-state index contributed by atoms with van der Waals surface area (Å²) in [5, 5.41) is 0. The minimum absolute atomic E-state index is 0.983.